The first-order valence-electron chi connectivity index (χ1n) is 10.0. The van der Waals surface area contributed by atoms with E-state index in [0.29, 0.717) is 12.1 Å². The van der Waals surface area contributed by atoms with Gasteiger partial charge in [0.2, 0.25) is 0 Å². The van der Waals surface area contributed by atoms with Gasteiger partial charge < -0.3 is 9.88 Å². The summed E-state index contributed by atoms with van der Waals surface area (Å²) in [6, 6.07) is 8.46. The summed E-state index contributed by atoms with van der Waals surface area (Å²) in [6.07, 6.45) is 12.6. The smallest absolute Gasteiger partial charge is 0.0457 e. The predicted octanol–water partition coefficient (Wildman–Crippen LogP) is 4.06. The van der Waals surface area contributed by atoms with Gasteiger partial charge in [0.25, 0.3) is 0 Å². The molecule has 2 fully saturated rings. The van der Waals surface area contributed by atoms with Gasteiger partial charge in [-0.2, -0.15) is 0 Å². The van der Waals surface area contributed by atoms with Crippen molar-refractivity contribution in [3.8, 4) is 0 Å². The van der Waals surface area contributed by atoms with Crippen LogP contribution in [0, 0.1) is 0 Å². The molecule has 2 atom stereocenters. The number of hydrogen-bond acceptors (Lipinski definition) is 2. The third-order valence-corrected chi connectivity index (χ3v) is 6.74. The highest BCUT2D eigenvalue weighted by atomic mass is 15.2. The van der Waals surface area contributed by atoms with Crippen LogP contribution in [0.5, 0.6) is 0 Å². The summed E-state index contributed by atoms with van der Waals surface area (Å²) in [5.41, 5.74) is 5.79. The van der Waals surface area contributed by atoms with Gasteiger partial charge in [-0.05, 0) is 87.5 Å². The second-order valence-corrected chi connectivity index (χ2v) is 8.24. The summed E-state index contributed by atoms with van der Waals surface area (Å²) in [6.45, 7) is 3.79. The molecule has 3 heteroatoms. The molecule has 3 aliphatic heterocycles. The van der Waals surface area contributed by atoms with E-state index in [2.05, 4.69) is 52.3 Å². The van der Waals surface area contributed by atoms with Crippen molar-refractivity contribution in [2.24, 2.45) is 0 Å². The monoisotopic (exact) mass is 335 g/mol. The van der Waals surface area contributed by atoms with E-state index in [9.17, 15) is 0 Å². The zero-order valence-electron chi connectivity index (χ0n) is 15.3. The SMILES string of the molecule is CN1CCC[C@@H]1Cc1c[nH]c2ccc(C3=C[C@H]4CCCN4CC3)cc12. The second-order valence-electron chi connectivity index (χ2n) is 8.24. The molecule has 0 bridgehead atoms. The number of aromatic amines is 1. The summed E-state index contributed by atoms with van der Waals surface area (Å²) in [5.74, 6) is 0. The Balaban J connectivity index is 1.45. The van der Waals surface area contributed by atoms with E-state index in [0.717, 1.165) is 0 Å². The molecule has 1 N–H and O–H groups in total. The van der Waals surface area contributed by atoms with Crippen molar-refractivity contribution >= 4 is 16.5 Å². The van der Waals surface area contributed by atoms with Crippen LogP contribution in [0.4, 0.5) is 0 Å². The molecule has 132 valence electrons. The van der Waals surface area contributed by atoms with Crippen molar-refractivity contribution in [1.82, 2.24) is 14.8 Å². The van der Waals surface area contributed by atoms with Crippen LogP contribution in [0.2, 0.25) is 0 Å². The number of likely N-dealkylation sites (tertiary alicyclic amines) is 1. The maximum atomic E-state index is 3.50. The normalized spacial score (nSPS) is 27.8. The Morgan fingerprint density at radius 1 is 1.12 bits per heavy atom. The second kappa shape index (κ2) is 6.30. The lowest BCUT2D eigenvalue weighted by atomic mass is 9.94. The number of benzene rings is 1. The van der Waals surface area contributed by atoms with Gasteiger partial charge in [-0.25, -0.2) is 0 Å². The Morgan fingerprint density at radius 2 is 2.04 bits per heavy atom. The van der Waals surface area contributed by atoms with Crippen LogP contribution in [-0.4, -0.2) is 53.5 Å². The highest BCUT2D eigenvalue weighted by Crippen LogP contribution is 2.33. The molecule has 0 spiro atoms. The molecule has 0 unspecified atom stereocenters. The number of nitrogens with one attached hydrogen (secondary N) is 1. The molecular formula is C22H29N3. The minimum absolute atomic E-state index is 0.692. The van der Waals surface area contributed by atoms with E-state index in [1.165, 1.54) is 80.2 Å². The van der Waals surface area contributed by atoms with Gasteiger partial charge in [-0.15, -0.1) is 0 Å². The van der Waals surface area contributed by atoms with Crippen molar-refractivity contribution in [3.63, 3.8) is 0 Å². The summed E-state index contributed by atoms with van der Waals surface area (Å²) in [5, 5.41) is 1.44. The lowest BCUT2D eigenvalue weighted by Gasteiger charge is -2.28. The van der Waals surface area contributed by atoms with Gasteiger partial charge in [-0.3, -0.25) is 4.90 Å². The van der Waals surface area contributed by atoms with Gasteiger partial charge >= 0.3 is 0 Å². The van der Waals surface area contributed by atoms with E-state index in [4.69, 9.17) is 0 Å². The van der Waals surface area contributed by atoms with E-state index < -0.39 is 0 Å². The average Bonchev–Trinajstić information content (AvgIpc) is 3.35. The van der Waals surface area contributed by atoms with Gasteiger partial charge in [0.15, 0.2) is 0 Å². The molecule has 0 aliphatic carbocycles. The molecule has 0 amide bonds. The first-order chi connectivity index (χ1) is 12.3. The summed E-state index contributed by atoms with van der Waals surface area (Å²) >= 11 is 0. The number of rotatable bonds is 3. The zero-order valence-corrected chi connectivity index (χ0v) is 15.3. The Morgan fingerprint density at radius 3 is 2.92 bits per heavy atom. The van der Waals surface area contributed by atoms with Gasteiger partial charge in [-0.1, -0.05) is 12.1 Å². The quantitative estimate of drug-likeness (QED) is 0.914. The van der Waals surface area contributed by atoms with Crippen molar-refractivity contribution in [3.05, 3.63) is 41.6 Å². The minimum Gasteiger partial charge on any atom is -0.361 e. The molecule has 25 heavy (non-hydrogen) atoms. The number of fused-ring (bicyclic) bond motifs is 2. The molecule has 4 heterocycles. The van der Waals surface area contributed by atoms with Gasteiger partial charge in [0.05, 0.1) is 0 Å². The van der Waals surface area contributed by atoms with E-state index >= 15 is 0 Å². The maximum Gasteiger partial charge on any atom is 0.0457 e. The van der Waals surface area contributed by atoms with Crippen molar-refractivity contribution < 1.29 is 0 Å². The Hall–Kier alpha value is -1.58. The number of hydrogen-bond donors (Lipinski definition) is 1. The highest BCUT2D eigenvalue weighted by Gasteiger charge is 2.27. The van der Waals surface area contributed by atoms with Crippen LogP contribution in [0.3, 0.4) is 0 Å². The molecular weight excluding hydrogens is 306 g/mol. The number of likely N-dealkylation sites (N-methyl/N-ethyl adjacent to an activating group) is 1. The van der Waals surface area contributed by atoms with Crippen LogP contribution in [0.25, 0.3) is 16.5 Å². The predicted molar refractivity (Wildman–Crippen MR) is 105 cm³/mol. The largest absolute Gasteiger partial charge is 0.361 e. The number of H-pyrrole nitrogens is 1. The summed E-state index contributed by atoms with van der Waals surface area (Å²) < 4.78 is 0. The van der Waals surface area contributed by atoms with Crippen LogP contribution in [0.1, 0.15) is 43.2 Å². The lowest BCUT2D eigenvalue weighted by molar-refractivity contribution is 0.288. The highest BCUT2D eigenvalue weighted by molar-refractivity contribution is 5.87. The fourth-order valence-corrected chi connectivity index (χ4v) is 5.18. The number of nitrogens with zero attached hydrogens (tertiary/aromatic N) is 2. The van der Waals surface area contributed by atoms with Gasteiger partial charge in [0, 0.05) is 35.7 Å². The lowest BCUT2D eigenvalue weighted by Crippen LogP contribution is -2.32. The molecule has 1 aromatic carbocycles. The Bertz CT molecular complexity index is 803. The molecule has 2 saturated heterocycles. The van der Waals surface area contributed by atoms with E-state index in [-0.39, 0.29) is 0 Å². The zero-order chi connectivity index (χ0) is 16.8. The average molecular weight is 335 g/mol. The summed E-state index contributed by atoms with van der Waals surface area (Å²) in [4.78, 5) is 8.68. The van der Waals surface area contributed by atoms with Crippen LogP contribution < -0.4 is 0 Å². The first kappa shape index (κ1) is 15.7. The third-order valence-electron chi connectivity index (χ3n) is 6.74. The molecule has 2 aromatic rings. The minimum atomic E-state index is 0.692. The molecule has 3 aliphatic rings. The van der Waals surface area contributed by atoms with Crippen LogP contribution in [-0.2, 0) is 6.42 Å². The Kier molecular flexibility index (Phi) is 3.94. The number of aromatic nitrogens is 1. The van der Waals surface area contributed by atoms with Crippen molar-refractivity contribution in [2.75, 3.05) is 26.7 Å². The molecule has 0 radical (unpaired) electrons. The third kappa shape index (κ3) is 2.84. The van der Waals surface area contributed by atoms with Crippen molar-refractivity contribution in [2.45, 2.75) is 50.6 Å². The maximum absolute atomic E-state index is 3.50. The Labute approximate surface area is 150 Å². The van der Waals surface area contributed by atoms with Crippen LogP contribution in [0.15, 0.2) is 30.5 Å². The topological polar surface area (TPSA) is 22.3 Å². The first-order valence-corrected chi connectivity index (χ1v) is 10.0. The molecule has 3 nitrogen and oxygen atoms in total. The van der Waals surface area contributed by atoms with Gasteiger partial charge in [0.1, 0.15) is 0 Å². The van der Waals surface area contributed by atoms with Crippen LogP contribution >= 0.6 is 0 Å². The summed E-state index contributed by atoms with van der Waals surface area (Å²) in [7, 11) is 2.28. The van der Waals surface area contributed by atoms with E-state index in [1.54, 1.807) is 5.57 Å². The molecule has 0 saturated carbocycles. The fourth-order valence-electron chi connectivity index (χ4n) is 5.18. The van der Waals surface area contributed by atoms with Crippen molar-refractivity contribution in [1.29, 1.82) is 0 Å². The fraction of sp³-hybridized carbons (Fsp3) is 0.545. The molecule has 5 rings (SSSR count). The standard InChI is InChI=1S/C22H29N3/c1-24-9-2-4-19(24)13-18-15-23-22-7-6-16(14-21(18)22)17-8-11-25-10-3-5-20(25)12-17/h6-7,12,14-15,19-20,23H,2-5,8-11,13H2,1H3/t19-,20-/m1/s1. The van der Waals surface area contributed by atoms with E-state index in [1.807, 2.05) is 0 Å². The molecule has 1 aromatic heterocycles.